The zero-order valence-corrected chi connectivity index (χ0v) is 10.4. The lowest BCUT2D eigenvalue weighted by Crippen LogP contribution is -2.50. The zero-order valence-electron chi connectivity index (χ0n) is 10.4. The van der Waals surface area contributed by atoms with Gasteiger partial charge in [-0.3, -0.25) is 4.79 Å². The molecule has 0 aromatic carbocycles. The maximum absolute atomic E-state index is 12.0. The second kappa shape index (κ2) is 3.86. The van der Waals surface area contributed by atoms with Crippen LogP contribution >= 0.6 is 0 Å². The van der Waals surface area contributed by atoms with Gasteiger partial charge in [0, 0.05) is 6.42 Å². The van der Waals surface area contributed by atoms with Crippen LogP contribution in [0.25, 0.3) is 0 Å². The Hall–Kier alpha value is -1.32. The minimum absolute atomic E-state index is 0.302. The van der Waals surface area contributed by atoms with E-state index < -0.39 is 17.0 Å². The predicted octanol–water partition coefficient (Wildman–Crippen LogP) is 1.98. The van der Waals surface area contributed by atoms with E-state index in [0.717, 1.165) is 5.57 Å². The average Bonchev–Trinajstić information content (AvgIpc) is 2.47. The largest absolute Gasteiger partial charge is 0.463 e. The van der Waals surface area contributed by atoms with Gasteiger partial charge in [-0.2, -0.15) is 0 Å². The molecule has 3 rings (SSSR count). The molecule has 0 amide bonds. The van der Waals surface area contributed by atoms with E-state index in [1.54, 1.807) is 6.92 Å². The summed E-state index contributed by atoms with van der Waals surface area (Å²) in [5.41, 5.74) is -0.815. The molecule has 3 aliphatic rings. The highest BCUT2D eigenvalue weighted by molar-refractivity contribution is 5.89. The van der Waals surface area contributed by atoms with Gasteiger partial charge in [0.2, 0.25) is 5.60 Å². The highest BCUT2D eigenvalue weighted by Crippen LogP contribution is 2.49. The van der Waals surface area contributed by atoms with Crippen LogP contribution < -0.4 is 0 Å². The molecule has 1 saturated carbocycles. The molecule has 2 heterocycles. The highest BCUT2D eigenvalue weighted by Gasteiger charge is 2.56. The van der Waals surface area contributed by atoms with Crippen molar-refractivity contribution in [3.05, 3.63) is 12.2 Å². The summed E-state index contributed by atoms with van der Waals surface area (Å²) < 4.78 is 10.4. The van der Waals surface area contributed by atoms with Crippen LogP contribution in [0.3, 0.4) is 0 Å². The molecule has 0 unspecified atom stereocenters. The van der Waals surface area contributed by atoms with Crippen molar-refractivity contribution in [2.75, 3.05) is 6.61 Å². The van der Waals surface area contributed by atoms with Crippen molar-refractivity contribution in [2.24, 2.45) is 5.41 Å². The number of carbonyl (C=O) groups excluding carboxylic acids is 2. The predicted molar refractivity (Wildman–Crippen MR) is 61.2 cm³/mol. The first-order valence-electron chi connectivity index (χ1n) is 6.03. The normalized spacial score (nSPS) is 36.4. The molecule has 0 N–H and O–H groups in total. The molecule has 0 spiro atoms. The Labute approximate surface area is 101 Å². The molecular formula is C13H18O4. The molecule has 17 heavy (non-hydrogen) atoms. The number of carbonyl (C=O) groups is 2. The number of ether oxygens (including phenoxy) is 2. The molecule has 4 heteroatoms. The standard InChI is InChI=1S/C13H18O4/c1-4-16-11(15)13-6-5-9(2)12(3,7-8-13)10(14)17-13/h2,4-8H2,1,3H3/t12-,13-/m1/s1. The lowest BCUT2D eigenvalue weighted by Gasteiger charge is -2.38. The zero-order chi connectivity index (χ0) is 12.7. The fourth-order valence-corrected chi connectivity index (χ4v) is 2.53. The molecule has 0 aromatic heterocycles. The monoisotopic (exact) mass is 238 g/mol. The van der Waals surface area contributed by atoms with Crippen LogP contribution in [0.5, 0.6) is 0 Å². The lowest BCUT2D eigenvalue weighted by molar-refractivity contribution is -0.195. The molecule has 4 nitrogen and oxygen atoms in total. The number of hydrogen-bond acceptors (Lipinski definition) is 4. The third-order valence-electron chi connectivity index (χ3n) is 4.03. The van der Waals surface area contributed by atoms with Gasteiger partial charge >= 0.3 is 11.9 Å². The smallest absolute Gasteiger partial charge is 0.350 e. The van der Waals surface area contributed by atoms with E-state index in [-0.39, 0.29) is 5.97 Å². The van der Waals surface area contributed by atoms with Crippen molar-refractivity contribution in [3.63, 3.8) is 0 Å². The number of fused-ring (bicyclic) bond motifs is 4. The quantitative estimate of drug-likeness (QED) is 0.545. The molecule has 2 saturated heterocycles. The third-order valence-corrected chi connectivity index (χ3v) is 4.03. The van der Waals surface area contributed by atoms with Crippen molar-refractivity contribution in [3.8, 4) is 0 Å². The molecule has 3 fully saturated rings. The topological polar surface area (TPSA) is 52.6 Å². The summed E-state index contributed by atoms with van der Waals surface area (Å²) >= 11 is 0. The molecule has 1 aliphatic carbocycles. The van der Waals surface area contributed by atoms with Crippen LogP contribution in [0.2, 0.25) is 0 Å². The van der Waals surface area contributed by atoms with Crippen LogP contribution in [-0.4, -0.2) is 24.1 Å². The van der Waals surface area contributed by atoms with E-state index in [0.29, 0.717) is 32.3 Å². The summed E-state index contributed by atoms with van der Waals surface area (Å²) in [6.07, 6.45) is 2.28. The molecule has 0 aromatic rings. The Morgan fingerprint density at radius 2 is 2.18 bits per heavy atom. The Morgan fingerprint density at radius 3 is 2.76 bits per heavy atom. The van der Waals surface area contributed by atoms with E-state index >= 15 is 0 Å². The second-order valence-corrected chi connectivity index (χ2v) is 5.04. The second-order valence-electron chi connectivity index (χ2n) is 5.04. The van der Waals surface area contributed by atoms with Crippen LogP contribution in [-0.2, 0) is 19.1 Å². The van der Waals surface area contributed by atoms with Gasteiger partial charge in [0.1, 0.15) is 0 Å². The summed E-state index contributed by atoms with van der Waals surface area (Å²) in [5.74, 6) is -0.746. The van der Waals surface area contributed by atoms with Gasteiger partial charge < -0.3 is 9.47 Å². The minimum atomic E-state index is -1.06. The van der Waals surface area contributed by atoms with Crippen molar-refractivity contribution in [1.29, 1.82) is 0 Å². The SMILES string of the molecule is C=C1CC[C@]2(C(=O)OCC)CC[C@@]1(C)C(=O)O2. The first kappa shape index (κ1) is 12.1. The van der Waals surface area contributed by atoms with Crippen LogP contribution in [0.4, 0.5) is 0 Å². The van der Waals surface area contributed by atoms with Gasteiger partial charge in [-0.1, -0.05) is 12.2 Å². The maximum atomic E-state index is 12.0. The van der Waals surface area contributed by atoms with Gasteiger partial charge in [0.25, 0.3) is 0 Å². The van der Waals surface area contributed by atoms with Gasteiger partial charge in [-0.15, -0.1) is 0 Å². The summed E-state index contributed by atoms with van der Waals surface area (Å²) in [6.45, 7) is 7.85. The summed E-state index contributed by atoms with van der Waals surface area (Å²) in [7, 11) is 0. The van der Waals surface area contributed by atoms with Crippen molar-refractivity contribution in [1.82, 2.24) is 0 Å². The van der Waals surface area contributed by atoms with Crippen LogP contribution in [0, 0.1) is 5.41 Å². The van der Waals surface area contributed by atoms with Crippen molar-refractivity contribution in [2.45, 2.75) is 45.1 Å². The summed E-state index contributed by atoms with van der Waals surface area (Å²) in [6, 6.07) is 0. The van der Waals surface area contributed by atoms with Crippen LogP contribution in [0.15, 0.2) is 12.2 Å². The highest BCUT2D eigenvalue weighted by atomic mass is 16.6. The molecule has 0 radical (unpaired) electrons. The molecule has 94 valence electrons. The Bertz CT molecular complexity index is 387. The first-order chi connectivity index (χ1) is 7.94. The third kappa shape index (κ3) is 1.66. The minimum Gasteiger partial charge on any atom is -0.463 e. The van der Waals surface area contributed by atoms with Gasteiger partial charge in [0.05, 0.1) is 12.0 Å². The molecule has 2 bridgehead atoms. The van der Waals surface area contributed by atoms with Gasteiger partial charge in [-0.05, 0) is 33.1 Å². The van der Waals surface area contributed by atoms with E-state index in [4.69, 9.17) is 9.47 Å². The Morgan fingerprint density at radius 1 is 1.47 bits per heavy atom. The number of hydrogen-bond donors (Lipinski definition) is 0. The van der Waals surface area contributed by atoms with Gasteiger partial charge in [0.15, 0.2) is 0 Å². The molecule has 2 aliphatic heterocycles. The van der Waals surface area contributed by atoms with E-state index in [2.05, 4.69) is 6.58 Å². The average molecular weight is 238 g/mol. The van der Waals surface area contributed by atoms with Gasteiger partial charge in [-0.25, -0.2) is 4.79 Å². The fourth-order valence-electron chi connectivity index (χ4n) is 2.53. The number of rotatable bonds is 2. The number of esters is 2. The van der Waals surface area contributed by atoms with E-state index in [1.807, 2.05) is 6.92 Å². The Balaban J connectivity index is 2.32. The van der Waals surface area contributed by atoms with Crippen molar-refractivity contribution >= 4 is 11.9 Å². The fraction of sp³-hybridized carbons (Fsp3) is 0.692. The van der Waals surface area contributed by atoms with E-state index in [1.165, 1.54) is 0 Å². The Kier molecular flexibility index (Phi) is 2.76. The summed E-state index contributed by atoms with van der Waals surface area (Å²) in [5, 5.41) is 0. The van der Waals surface area contributed by atoms with E-state index in [9.17, 15) is 9.59 Å². The summed E-state index contributed by atoms with van der Waals surface area (Å²) in [4.78, 5) is 24.0. The molecular weight excluding hydrogens is 220 g/mol. The maximum Gasteiger partial charge on any atom is 0.350 e. The lowest BCUT2D eigenvalue weighted by atomic mass is 9.77. The van der Waals surface area contributed by atoms with Crippen molar-refractivity contribution < 1.29 is 19.1 Å². The first-order valence-corrected chi connectivity index (χ1v) is 6.03. The molecule has 2 atom stereocenters. The van der Waals surface area contributed by atoms with Crippen LogP contribution in [0.1, 0.15) is 39.5 Å².